The molecule has 0 saturated carbocycles. The smallest absolute Gasteiger partial charge is 0.159 e. The van der Waals surface area contributed by atoms with Crippen molar-refractivity contribution in [1.29, 1.82) is 0 Å². The minimum absolute atomic E-state index is 0.153. The summed E-state index contributed by atoms with van der Waals surface area (Å²) in [5.74, 6) is 0.412. The first kappa shape index (κ1) is 11.2. The molecule has 0 amide bonds. The van der Waals surface area contributed by atoms with Gasteiger partial charge in [-0.2, -0.15) is 0 Å². The number of carbonyl (C=O) groups excluding carboxylic acids is 1. The number of aliphatic hydroxyl groups excluding tert-OH is 1. The minimum Gasteiger partial charge on any atom is -0.396 e. The Bertz CT molecular complexity index is 263. The lowest BCUT2D eigenvalue weighted by Crippen LogP contribution is -2.09. The van der Waals surface area contributed by atoms with Gasteiger partial charge in [-0.05, 0) is 31.8 Å². The maximum atomic E-state index is 11.7. The van der Waals surface area contributed by atoms with Crippen LogP contribution < -0.4 is 0 Å². The zero-order valence-electron chi connectivity index (χ0n) is 8.75. The summed E-state index contributed by atoms with van der Waals surface area (Å²) < 4.78 is 0. The summed E-state index contributed by atoms with van der Waals surface area (Å²) in [6, 6.07) is 0. The van der Waals surface area contributed by atoms with Crippen LogP contribution >= 0.6 is 0 Å². The maximum absolute atomic E-state index is 11.7. The van der Waals surface area contributed by atoms with Gasteiger partial charge in [0.15, 0.2) is 5.78 Å². The van der Waals surface area contributed by atoms with Crippen LogP contribution in [-0.4, -0.2) is 17.5 Å². The van der Waals surface area contributed by atoms with E-state index < -0.39 is 0 Å². The Balaban J connectivity index is 2.96. The summed E-state index contributed by atoms with van der Waals surface area (Å²) in [7, 11) is 0. The zero-order valence-corrected chi connectivity index (χ0v) is 8.75. The van der Waals surface area contributed by atoms with E-state index in [0.29, 0.717) is 12.8 Å². The van der Waals surface area contributed by atoms with Crippen LogP contribution in [0, 0.1) is 5.92 Å². The number of ketones is 1. The van der Waals surface area contributed by atoms with Crippen molar-refractivity contribution >= 4 is 5.78 Å². The number of hydrogen-bond acceptors (Lipinski definition) is 2. The van der Waals surface area contributed by atoms with Gasteiger partial charge in [-0.25, -0.2) is 0 Å². The summed E-state index contributed by atoms with van der Waals surface area (Å²) in [6.45, 7) is 5.77. The molecule has 2 nitrogen and oxygen atoms in total. The second kappa shape index (κ2) is 5.11. The predicted molar refractivity (Wildman–Crippen MR) is 56.9 cm³/mol. The quantitative estimate of drug-likeness (QED) is 0.699. The van der Waals surface area contributed by atoms with Gasteiger partial charge in [0, 0.05) is 18.9 Å². The van der Waals surface area contributed by atoms with Crippen LogP contribution in [0.2, 0.25) is 0 Å². The molecule has 0 aromatic rings. The molecule has 0 bridgehead atoms. The number of allylic oxidation sites excluding steroid dienone is 2. The normalized spacial score (nSPS) is 23.6. The van der Waals surface area contributed by atoms with Gasteiger partial charge in [0.25, 0.3) is 0 Å². The monoisotopic (exact) mass is 194 g/mol. The van der Waals surface area contributed by atoms with Crippen LogP contribution in [0.1, 0.15) is 32.6 Å². The minimum atomic E-state index is 0.153. The van der Waals surface area contributed by atoms with E-state index in [2.05, 4.69) is 6.58 Å². The van der Waals surface area contributed by atoms with Crippen molar-refractivity contribution in [2.45, 2.75) is 32.6 Å². The number of rotatable bonds is 3. The van der Waals surface area contributed by atoms with Crippen LogP contribution in [0.15, 0.2) is 23.8 Å². The lowest BCUT2D eigenvalue weighted by atomic mass is 9.93. The predicted octanol–water partition coefficient (Wildman–Crippen LogP) is 2.24. The Hall–Kier alpha value is -0.890. The third kappa shape index (κ3) is 2.32. The van der Waals surface area contributed by atoms with Gasteiger partial charge in [0.05, 0.1) is 0 Å². The fraction of sp³-hybridized carbons (Fsp3) is 0.583. The van der Waals surface area contributed by atoms with Crippen molar-refractivity contribution in [2.75, 3.05) is 6.61 Å². The van der Waals surface area contributed by atoms with E-state index in [1.54, 1.807) is 6.08 Å². The lowest BCUT2D eigenvalue weighted by Gasteiger charge is -2.14. The molecule has 0 aromatic carbocycles. The molecule has 0 radical (unpaired) electrons. The van der Waals surface area contributed by atoms with Crippen molar-refractivity contribution < 1.29 is 9.90 Å². The van der Waals surface area contributed by atoms with E-state index in [4.69, 9.17) is 0 Å². The molecule has 0 aliphatic heterocycles. The molecule has 0 aromatic heterocycles. The first-order chi connectivity index (χ1) is 6.70. The first-order valence-electron chi connectivity index (χ1n) is 5.15. The molecular weight excluding hydrogens is 176 g/mol. The highest BCUT2D eigenvalue weighted by atomic mass is 16.3. The number of hydrogen-bond donors (Lipinski definition) is 1. The fourth-order valence-corrected chi connectivity index (χ4v) is 1.99. The van der Waals surface area contributed by atoms with E-state index in [-0.39, 0.29) is 18.3 Å². The van der Waals surface area contributed by atoms with Gasteiger partial charge in [-0.1, -0.05) is 11.6 Å². The van der Waals surface area contributed by atoms with E-state index in [1.165, 1.54) is 0 Å². The van der Waals surface area contributed by atoms with E-state index in [9.17, 15) is 9.90 Å². The van der Waals surface area contributed by atoms with Crippen molar-refractivity contribution in [3.63, 3.8) is 0 Å². The largest absolute Gasteiger partial charge is 0.396 e. The molecule has 1 unspecified atom stereocenters. The van der Waals surface area contributed by atoms with Crippen LogP contribution in [0.5, 0.6) is 0 Å². The second-order valence-corrected chi connectivity index (χ2v) is 3.85. The summed E-state index contributed by atoms with van der Waals surface area (Å²) in [4.78, 5) is 11.7. The summed E-state index contributed by atoms with van der Waals surface area (Å²) in [6.07, 6.45) is 4.84. The highest BCUT2D eigenvalue weighted by molar-refractivity contribution is 5.96. The summed E-state index contributed by atoms with van der Waals surface area (Å²) in [5.41, 5.74) is 1.94. The molecule has 1 N–H and O–H groups in total. The van der Waals surface area contributed by atoms with Gasteiger partial charge < -0.3 is 5.11 Å². The third-order valence-corrected chi connectivity index (χ3v) is 2.95. The number of carbonyl (C=O) groups is 1. The summed E-state index contributed by atoms with van der Waals surface area (Å²) in [5, 5.41) is 9.19. The Kier molecular flexibility index (Phi) is 4.08. The molecule has 1 aliphatic rings. The Morgan fingerprint density at radius 2 is 2.36 bits per heavy atom. The Morgan fingerprint density at radius 1 is 1.64 bits per heavy atom. The van der Waals surface area contributed by atoms with Crippen LogP contribution in [0.3, 0.4) is 0 Å². The molecule has 1 rings (SSSR count). The van der Waals surface area contributed by atoms with Gasteiger partial charge in [-0.15, -0.1) is 6.58 Å². The van der Waals surface area contributed by atoms with Crippen LogP contribution in [0.25, 0.3) is 0 Å². The average molecular weight is 194 g/mol. The molecule has 1 aliphatic carbocycles. The maximum Gasteiger partial charge on any atom is 0.159 e. The fourth-order valence-electron chi connectivity index (χ4n) is 1.99. The first-order valence-corrected chi connectivity index (χ1v) is 5.15. The van der Waals surface area contributed by atoms with Gasteiger partial charge in [-0.3, -0.25) is 4.79 Å². The molecule has 0 fully saturated rings. The van der Waals surface area contributed by atoms with Crippen LogP contribution in [-0.2, 0) is 4.79 Å². The Morgan fingerprint density at radius 3 is 2.93 bits per heavy atom. The van der Waals surface area contributed by atoms with E-state index >= 15 is 0 Å². The van der Waals surface area contributed by atoms with E-state index in [1.807, 2.05) is 6.92 Å². The average Bonchev–Trinajstić information content (AvgIpc) is 2.30. The standard InChI is InChI=1S/C12H18O2/c1-3-5-11-9(2)10(8-13)6-4-7-12(11)14/h3,10,13H,1,4-8H2,2H3. The molecule has 78 valence electrons. The zero-order chi connectivity index (χ0) is 10.6. The topological polar surface area (TPSA) is 37.3 Å². The second-order valence-electron chi connectivity index (χ2n) is 3.85. The number of Topliss-reactive ketones (excluding diaryl/α,β-unsaturated/α-hetero) is 1. The van der Waals surface area contributed by atoms with E-state index in [0.717, 1.165) is 24.0 Å². The van der Waals surface area contributed by atoms with Gasteiger partial charge in [0.1, 0.15) is 0 Å². The molecule has 0 heterocycles. The molecular formula is C12H18O2. The molecule has 0 spiro atoms. The highest BCUT2D eigenvalue weighted by Crippen LogP contribution is 2.28. The molecule has 0 saturated heterocycles. The van der Waals surface area contributed by atoms with Gasteiger partial charge in [0.2, 0.25) is 0 Å². The SMILES string of the molecule is C=CCC1=C(C)C(CO)CCCC1=O. The van der Waals surface area contributed by atoms with Crippen LogP contribution in [0.4, 0.5) is 0 Å². The van der Waals surface area contributed by atoms with Gasteiger partial charge >= 0.3 is 0 Å². The number of aliphatic hydroxyl groups is 1. The highest BCUT2D eigenvalue weighted by Gasteiger charge is 2.21. The lowest BCUT2D eigenvalue weighted by molar-refractivity contribution is -0.115. The Labute approximate surface area is 85.3 Å². The molecule has 2 heteroatoms. The van der Waals surface area contributed by atoms with Crippen molar-refractivity contribution in [3.8, 4) is 0 Å². The molecule has 14 heavy (non-hydrogen) atoms. The van der Waals surface area contributed by atoms with Crippen molar-refractivity contribution in [1.82, 2.24) is 0 Å². The molecule has 1 atom stereocenters. The van der Waals surface area contributed by atoms with Crippen molar-refractivity contribution in [3.05, 3.63) is 23.8 Å². The van der Waals surface area contributed by atoms with Crippen molar-refractivity contribution in [2.24, 2.45) is 5.92 Å². The third-order valence-electron chi connectivity index (χ3n) is 2.95. The summed E-state index contributed by atoms with van der Waals surface area (Å²) >= 11 is 0.